The topological polar surface area (TPSA) is 123 Å². The second-order valence-corrected chi connectivity index (χ2v) is 3.30. The normalized spacial score (nSPS) is 10.6. The van der Waals surface area contributed by atoms with Gasteiger partial charge in [0, 0.05) is 6.54 Å². The number of carbonyl (C=O) groups is 2. The van der Waals surface area contributed by atoms with E-state index in [1.807, 2.05) is 0 Å². The largest absolute Gasteiger partial charge is 0.480 e. The van der Waals surface area contributed by atoms with Crippen molar-refractivity contribution in [2.24, 2.45) is 5.73 Å². The molecule has 1 aromatic heterocycles. The molecular formula is C8H12N4O4. The lowest BCUT2D eigenvalue weighted by atomic mass is 10.3. The van der Waals surface area contributed by atoms with Crippen LogP contribution in [-0.4, -0.2) is 45.3 Å². The number of carboxylic acids is 1. The Morgan fingerprint density at radius 2 is 2.12 bits per heavy atom. The molecule has 1 rings (SSSR count). The fourth-order valence-electron chi connectivity index (χ4n) is 1.18. The number of amides is 1. The van der Waals surface area contributed by atoms with Crippen LogP contribution in [0.15, 0.2) is 4.63 Å². The Labute approximate surface area is 91.0 Å². The first-order chi connectivity index (χ1) is 7.49. The van der Waals surface area contributed by atoms with E-state index in [0.717, 1.165) is 0 Å². The Hall–Kier alpha value is -1.96. The molecule has 0 aliphatic heterocycles. The average Bonchev–Trinajstić information content (AvgIpc) is 2.49. The van der Waals surface area contributed by atoms with Crippen LogP contribution < -0.4 is 5.73 Å². The molecule has 0 saturated carbocycles. The van der Waals surface area contributed by atoms with Gasteiger partial charge in [-0.05, 0) is 6.92 Å². The molecule has 0 atom stereocenters. The number of carboxylic acid groups (broad SMARTS) is 1. The minimum atomic E-state index is -1.05. The summed E-state index contributed by atoms with van der Waals surface area (Å²) in [6, 6.07) is 0. The van der Waals surface area contributed by atoms with Crippen LogP contribution in [0.5, 0.6) is 0 Å². The van der Waals surface area contributed by atoms with E-state index in [-0.39, 0.29) is 19.6 Å². The summed E-state index contributed by atoms with van der Waals surface area (Å²) < 4.78 is 4.47. The zero-order valence-corrected chi connectivity index (χ0v) is 8.71. The van der Waals surface area contributed by atoms with E-state index in [1.54, 1.807) is 6.92 Å². The lowest BCUT2D eigenvalue weighted by Crippen LogP contribution is -2.37. The van der Waals surface area contributed by atoms with Crippen LogP contribution in [0.3, 0.4) is 0 Å². The molecule has 16 heavy (non-hydrogen) atoms. The predicted molar refractivity (Wildman–Crippen MR) is 51.1 cm³/mol. The summed E-state index contributed by atoms with van der Waals surface area (Å²) >= 11 is 0. The van der Waals surface area contributed by atoms with Crippen molar-refractivity contribution < 1.29 is 19.3 Å². The zero-order valence-electron chi connectivity index (χ0n) is 8.71. The van der Waals surface area contributed by atoms with E-state index in [1.165, 1.54) is 4.90 Å². The average molecular weight is 228 g/mol. The smallest absolute Gasteiger partial charge is 0.317 e. The summed E-state index contributed by atoms with van der Waals surface area (Å²) in [6.45, 7) is 1.38. The van der Waals surface area contributed by atoms with Gasteiger partial charge in [0.05, 0.1) is 13.1 Å². The van der Waals surface area contributed by atoms with Gasteiger partial charge < -0.3 is 10.8 Å². The molecule has 1 aromatic rings. The summed E-state index contributed by atoms with van der Waals surface area (Å²) in [5.74, 6) is -1.65. The maximum atomic E-state index is 10.7. The third-order valence-corrected chi connectivity index (χ3v) is 1.86. The van der Waals surface area contributed by atoms with Gasteiger partial charge in [0.2, 0.25) is 5.91 Å². The molecule has 0 unspecified atom stereocenters. The number of carbonyl (C=O) groups excluding carboxylic acids is 1. The fraction of sp³-hybridized carbons (Fsp3) is 0.500. The van der Waals surface area contributed by atoms with Crippen molar-refractivity contribution >= 4 is 11.9 Å². The van der Waals surface area contributed by atoms with Gasteiger partial charge in [-0.3, -0.25) is 14.5 Å². The number of aryl methyl sites for hydroxylation is 1. The number of aromatic nitrogens is 2. The van der Waals surface area contributed by atoms with E-state index in [0.29, 0.717) is 11.4 Å². The Kier molecular flexibility index (Phi) is 3.95. The van der Waals surface area contributed by atoms with Crippen molar-refractivity contribution in [2.45, 2.75) is 13.5 Å². The molecule has 0 radical (unpaired) electrons. The van der Waals surface area contributed by atoms with Gasteiger partial charge in [0.25, 0.3) is 0 Å². The predicted octanol–water partition coefficient (Wildman–Crippen LogP) is -1.25. The Morgan fingerprint density at radius 1 is 1.44 bits per heavy atom. The van der Waals surface area contributed by atoms with Gasteiger partial charge in [-0.25, -0.2) is 4.63 Å². The van der Waals surface area contributed by atoms with Gasteiger partial charge in [0.1, 0.15) is 11.4 Å². The van der Waals surface area contributed by atoms with E-state index in [2.05, 4.69) is 14.9 Å². The van der Waals surface area contributed by atoms with E-state index < -0.39 is 11.9 Å². The maximum absolute atomic E-state index is 10.7. The van der Waals surface area contributed by atoms with Crippen LogP contribution in [0.25, 0.3) is 0 Å². The standard InChI is InChI=1S/C8H12N4O4/c1-5-6(11-16-10-5)2-12(3-7(9)13)4-8(14)15/h2-4H2,1H3,(H2,9,13)(H,14,15). The van der Waals surface area contributed by atoms with Crippen molar-refractivity contribution in [3.63, 3.8) is 0 Å². The highest BCUT2D eigenvalue weighted by molar-refractivity contribution is 5.77. The highest BCUT2D eigenvalue weighted by Crippen LogP contribution is 2.04. The molecule has 0 aliphatic rings. The van der Waals surface area contributed by atoms with Crippen molar-refractivity contribution in [3.05, 3.63) is 11.4 Å². The van der Waals surface area contributed by atoms with E-state index >= 15 is 0 Å². The van der Waals surface area contributed by atoms with Gasteiger partial charge in [-0.2, -0.15) is 0 Å². The fourth-order valence-corrected chi connectivity index (χ4v) is 1.18. The van der Waals surface area contributed by atoms with Gasteiger partial charge in [0.15, 0.2) is 0 Å². The molecule has 0 saturated heterocycles. The summed E-state index contributed by atoms with van der Waals surface area (Å²) in [4.78, 5) is 22.6. The van der Waals surface area contributed by atoms with Crippen LogP contribution in [-0.2, 0) is 16.1 Å². The molecule has 1 amide bonds. The highest BCUT2D eigenvalue weighted by atomic mass is 16.6. The van der Waals surface area contributed by atoms with Crippen LogP contribution >= 0.6 is 0 Å². The molecule has 8 heteroatoms. The number of primary amides is 1. The first kappa shape index (κ1) is 12.1. The number of hydrogen-bond donors (Lipinski definition) is 2. The Balaban J connectivity index is 2.66. The first-order valence-corrected chi connectivity index (χ1v) is 4.49. The number of rotatable bonds is 6. The Morgan fingerprint density at radius 3 is 2.56 bits per heavy atom. The van der Waals surface area contributed by atoms with Gasteiger partial charge in [-0.1, -0.05) is 10.3 Å². The number of nitrogens with two attached hydrogens (primary N) is 1. The summed E-state index contributed by atoms with van der Waals surface area (Å²) in [7, 11) is 0. The van der Waals surface area contributed by atoms with Crippen LogP contribution in [0.2, 0.25) is 0 Å². The minimum absolute atomic E-state index is 0.154. The van der Waals surface area contributed by atoms with E-state index in [4.69, 9.17) is 10.8 Å². The molecule has 8 nitrogen and oxygen atoms in total. The Bertz CT molecular complexity index is 373. The highest BCUT2D eigenvalue weighted by Gasteiger charge is 2.16. The lowest BCUT2D eigenvalue weighted by Gasteiger charge is -2.16. The quantitative estimate of drug-likeness (QED) is 0.623. The molecule has 88 valence electrons. The monoisotopic (exact) mass is 228 g/mol. The van der Waals surface area contributed by atoms with E-state index in [9.17, 15) is 9.59 Å². The summed E-state index contributed by atoms with van der Waals surface area (Å²) in [5.41, 5.74) is 6.05. The molecule has 0 spiro atoms. The van der Waals surface area contributed by atoms with Crippen LogP contribution in [0, 0.1) is 6.92 Å². The molecule has 1 heterocycles. The third-order valence-electron chi connectivity index (χ3n) is 1.86. The van der Waals surface area contributed by atoms with Gasteiger partial charge in [-0.15, -0.1) is 0 Å². The molecule has 3 N–H and O–H groups in total. The summed E-state index contributed by atoms with van der Waals surface area (Å²) in [6.07, 6.45) is 0. The van der Waals surface area contributed by atoms with Crippen molar-refractivity contribution in [1.82, 2.24) is 15.2 Å². The number of nitrogens with zero attached hydrogens (tertiary/aromatic N) is 3. The van der Waals surface area contributed by atoms with Crippen molar-refractivity contribution in [2.75, 3.05) is 13.1 Å². The summed E-state index contributed by atoms with van der Waals surface area (Å²) in [5, 5.41) is 15.8. The second-order valence-electron chi connectivity index (χ2n) is 3.30. The van der Waals surface area contributed by atoms with Crippen LogP contribution in [0.1, 0.15) is 11.4 Å². The number of aliphatic carboxylic acids is 1. The molecule has 0 aromatic carbocycles. The maximum Gasteiger partial charge on any atom is 0.317 e. The minimum Gasteiger partial charge on any atom is -0.480 e. The lowest BCUT2D eigenvalue weighted by molar-refractivity contribution is -0.138. The number of hydrogen-bond acceptors (Lipinski definition) is 6. The molecular weight excluding hydrogens is 216 g/mol. The second kappa shape index (κ2) is 5.21. The SMILES string of the molecule is Cc1nonc1CN(CC(N)=O)CC(=O)O. The molecule has 0 fully saturated rings. The molecule has 0 bridgehead atoms. The third kappa shape index (κ3) is 3.65. The van der Waals surface area contributed by atoms with Crippen molar-refractivity contribution in [1.29, 1.82) is 0 Å². The zero-order chi connectivity index (χ0) is 12.1. The van der Waals surface area contributed by atoms with Gasteiger partial charge >= 0.3 is 5.97 Å². The molecule has 0 aliphatic carbocycles. The van der Waals surface area contributed by atoms with Crippen molar-refractivity contribution in [3.8, 4) is 0 Å². The first-order valence-electron chi connectivity index (χ1n) is 4.49. The van der Waals surface area contributed by atoms with Crippen LogP contribution in [0.4, 0.5) is 0 Å².